The number of halogens is 5. The Bertz CT molecular complexity index is 1670. The maximum Gasteiger partial charge on any atom is 0.411 e. The number of ether oxygens (including phenoxy) is 4. The highest BCUT2D eigenvalue weighted by Crippen LogP contribution is 2.26. The van der Waals surface area contributed by atoms with Crippen molar-refractivity contribution in [1.82, 2.24) is 24.4 Å². The Hall–Kier alpha value is -4.37. The minimum absolute atomic E-state index is 0.0465. The van der Waals surface area contributed by atoms with Crippen LogP contribution in [0.5, 0.6) is 11.6 Å². The fraction of sp³-hybridized carbons (Fsp3) is 0.455. The Balaban J connectivity index is 0.00000255. The van der Waals surface area contributed by atoms with Crippen LogP contribution in [0, 0.1) is 11.6 Å². The molecule has 2 aromatic carbocycles. The van der Waals surface area contributed by atoms with E-state index >= 15 is 0 Å². The van der Waals surface area contributed by atoms with Crippen LogP contribution in [0.3, 0.4) is 0 Å². The molecule has 4 aromatic rings. The number of fused-ring (bicyclic) bond motifs is 1. The first-order valence-corrected chi connectivity index (χ1v) is 15.5. The number of nitrogens with zero attached hydrogens (tertiary/aromatic N) is 5. The second-order valence-electron chi connectivity index (χ2n) is 10.8. The van der Waals surface area contributed by atoms with E-state index in [0.717, 1.165) is 12.1 Å². The molecule has 1 fully saturated rings. The molecule has 0 amide bonds. The van der Waals surface area contributed by atoms with Gasteiger partial charge in [0, 0.05) is 37.5 Å². The van der Waals surface area contributed by atoms with Gasteiger partial charge in [0.15, 0.2) is 17.4 Å². The van der Waals surface area contributed by atoms with Crippen LogP contribution >= 0.6 is 0 Å². The van der Waals surface area contributed by atoms with Gasteiger partial charge in [-0.15, -0.1) is 0 Å². The average molecular weight is 680 g/mol. The van der Waals surface area contributed by atoms with Gasteiger partial charge in [-0.2, -0.15) is 18.2 Å². The van der Waals surface area contributed by atoms with E-state index in [2.05, 4.69) is 14.9 Å². The Morgan fingerprint density at radius 2 is 1.85 bits per heavy atom. The van der Waals surface area contributed by atoms with Crippen molar-refractivity contribution < 1.29 is 45.7 Å². The van der Waals surface area contributed by atoms with Gasteiger partial charge in [0.05, 0.1) is 36.9 Å². The lowest BCUT2D eigenvalue weighted by Gasteiger charge is -2.37. The van der Waals surface area contributed by atoms with Gasteiger partial charge in [-0.1, -0.05) is 13.8 Å². The van der Waals surface area contributed by atoms with Gasteiger partial charge in [0.1, 0.15) is 31.0 Å². The highest BCUT2D eigenvalue weighted by Gasteiger charge is 2.29. The topological polar surface area (TPSA) is 101 Å². The summed E-state index contributed by atoms with van der Waals surface area (Å²) in [6, 6.07) is 9.56. The molecule has 2 aromatic heterocycles. The summed E-state index contributed by atoms with van der Waals surface area (Å²) in [5, 5.41) is 0. The molecule has 1 saturated heterocycles. The number of imidazole rings is 1. The van der Waals surface area contributed by atoms with Crippen LogP contribution in [-0.2, 0) is 29.2 Å². The molecule has 3 heterocycles. The number of esters is 1. The number of hydrogen-bond donors (Lipinski definition) is 0. The van der Waals surface area contributed by atoms with Crippen LogP contribution in [-0.4, -0.2) is 75.6 Å². The predicted molar refractivity (Wildman–Crippen MR) is 166 cm³/mol. The fourth-order valence-electron chi connectivity index (χ4n) is 5.25. The summed E-state index contributed by atoms with van der Waals surface area (Å²) >= 11 is 0. The van der Waals surface area contributed by atoms with Crippen molar-refractivity contribution in [2.75, 3.05) is 26.9 Å². The first-order chi connectivity index (χ1) is 23.0. The predicted octanol–water partition coefficient (Wildman–Crippen LogP) is 6.51. The number of carbonyl (C=O) groups excluding carboxylic acids is 1. The molecule has 5 rings (SSSR count). The minimum Gasteiger partial charge on any atom is -0.483 e. The zero-order chi connectivity index (χ0) is 34.8. The molecule has 1 aliphatic rings. The third-order valence-corrected chi connectivity index (χ3v) is 7.50. The second kappa shape index (κ2) is 16.6. The van der Waals surface area contributed by atoms with Crippen LogP contribution < -0.4 is 9.47 Å². The first kappa shape index (κ1) is 36.5. The summed E-state index contributed by atoms with van der Waals surface area (Å²) in [5.74, 6) is -0.976. The Morgan fingerprint density at radius 1 is 1.06 bits per heavy atom. The van der Waals surface area contributed by atoms with Crippen LogP contribution in [0.25, 0.3) is 11.0 Å². The summed E-state index contributed by atoms with van der Waals surface area (Å²) in [4.78, 5) is 27.6. The third-order valence-electron chi connectivity index (χ3n) is 7.50. The standard InChI is InChI=1S/C31H32F5N5O5.C2H6/c1-19-13-22(46-29-7-9-37-27(39-29)17-45-26-6-4-21(32)15-23(26)33)8-10-40(19)16-28-38-24-5-3-20(30(42)43-2)14-25(24)41(28)11-12-44-18-31(34,35)36;1-2/h3-7,9,14-15,19,22H,8,10-13,16-18H2,1-2H3;1-2H3/t19-,22-;/m0./s1. The van der Waals surface area contributed by atoms with Crippen LogP contribution in [0.15, 0.2) is 48.7 Å². The van der Waals surface area contributed by atoms with E-state index in [0.29, 0.717) is 54.2 Å². The summed E-state index contributed by atoms with van der Waals surface area (Å²) in [6.45, 7) is 5.49. The quantitative estimate of drug-likeness (QED) is 0.0943. The van der Waals surface area contributed by atoms with Gasteiger partial charge in [0.25, 0.3) is 0 Å². The van der Waals surface area contributed by atoms with Gasteiger partial charge in [0.2, 0.25) is 5.88 Å². The number of hydrogen-bond acceptors (Lipinski definition) is 9. The molecule has 0 spiro atoms. The number of rotatable bonds is 12. The lowest BCUT2D eigenvalue weighted by Crippen LogP contribution is -2.44. The number of likely N-dealkylation sites (tertiary alicyclic amines) is 1. The summed E-state index contributed by atoms with van der Waals surface area (Å²) < 4.78 is 88.0. The molecule has 0 radical (unpaired) electrons. The number of piperidine rings is 1. The number of benzene rings is 2. The third kappa shape index (κ3) is 9.83. The molecule has 15 heteroatoms. The largest absolute Gasteiger partial charge is 0.483 e. The number of alkyl halides is 3. The van der Waals surface area contributed by atoms with Crippen molar-refractivity contribution in [3.8, 4) is 11.6 Å². The second-order valence-corrected chi connectivity index (χ2v) is 10.8. The highest BCUT2D eigenvalue weighted by molar-refractivity contribution is 5.93. The normalized spacial score (nSPS) is 16.7. The highest BCUT2D eigenvalue weighted by atomic mass is 19.4. The Morgan fingerprint density at radius 3 is 2.56 bits per heavy atom. The molecule has 0 unspecified atom stereocenters. The summed E-state index contributed by atoms with van der Waals surface area (Å²) in [7, 11) is 1.27. The lowest BCUT2D eigenvalue weighted by molar-refractivity contribution is -0.174. The van der Waals surface area contributed by atoms with Gasteiger partial charge < -0.3 is 23.5 Å². The lowest BCUT2D eigenvalue weighted by atomic mass is 10.0. The zero-order valence-corrected chi connectivity index (χ0v) is 27.1. The van der Waals surface area contributed by atoms with Crippen molar-refractivity contribution in [3.63, 3.8) is 0 Å². The molecule has 260 valence electrons. The van der Waals surface area contributed by atoms with E-state index in [1.165, 1.54) is 19.4 Å². The smallest absolute Gasteiger partial charge is 0.411 e. The first-order valence-electron chi connectivity index (χ1n) is 15.5. The Kier molecular flexibility index (Phi) is 12.6. The van der Waals surface area contributed by atoms with Crippen LogP contribution in [0.4, 0.5) is 22.0 Å². The van der Waals surface area contributed by atoms with Crippen molar-refractivity contribution in [2.45, 2.75) is 71.6 Å². The average Bonchev–Trinajstić information content (AvgIpc) is 3.40. The molecule has 10 nitrogen and oxygen atoms in total. The van der Waals surface area contributed by atoms with Gasteiger partial charge in [-0.3, -0.25) is 4.90 Å². The summed E-state index contributed by atoms with van der Waals surface area (Å²) in [6.07, 6.45) is -1.79. The van der Waals surface area contributed by atoms with Crippen molar-refractivity contribution in [1.29, 1.82) is 0 Å². The molecule has 0 bridgehead atoms. The number of methoxy groups -OCH3 is 1. The maximum atomic E-state index is 13.9. The van der Waals surface area contributed by atoms with Crippen LogP contribution in [0.2, 0.25) is 0 Å². The molecule has 48 heavy (non-hydrogen) atoms. The molecule has 0 N–H and O–H groups in total. The SMILES string of the molecule is CC.COC(=O)c1ccc2nc(CN3CC[C@H](Oc4ccnc(COc5ccc(F)cc5F)n4)C[C@@H]3C)n(CCOCC(F)(F)F)c2c1. The van der Waals surface area contributed by atoms with Gasteiger partial charge >= 0.3 is 12.1 Å². The van der Waals surface area contributed by atoms with Gasteiger partial charge in [-0.25, -0.2) is 23.5 Å². The van der Waals surface area contributed by atoms with E-state index in [-0.39, 0.29) is 43.5 Å². The molecular formula is C33H38F5N5O5. The van der Waals surface area contributed by atoms with Crippen LogP contribution in [0.1, 0.15) is 55.6 Å². The zero-order valence-electron chi connectivity index (χ0n) is 27.1. The van der Waals surface area contributed by atoms with Crippen molar-refractivity contribution in [2.24, 2.45) is 0 Å². The number of aromatic nitrogens is 4. The fourth-order valence-corrected chi connectivity index (χ4v) is 5.25. The van der Waals surface area contributed by atoms with Crippen molar-refractivity contribution in [3.05, 3.63) is 77.5 Å². The van der Waals surface area contributed by atoms with Gasteiger partial charge in [-0.05, 0) is 50.1 Å². The Labute approximate surface area is 274 Å². The minimum atomic E-state index is -4.44. The summed E-state index contributed by atoms with van der Waals surface area (Å²) in [5.41, 5.74) is 1.48. The maximum absolute atomic E-state index is 13.9. The molecule has 0 saturated carbocycles. The number of carbonyl (C=O) groups is 1. The van der Waals surface area contributed by atoms with E-state index < -0.39 is 30.4 Å². The van der Waals surface area contributed by atoms with E-state index in [1.54, 1.807) is 28.8 Å². The van der Waals surface area contributed by atoms with E-state index in [9.17, 15) is 26.7 Å². The van der Waals surface area contributed by atoms with E-state index in [1.807, 2.05) is 20.8 Å². The monoisotopic (exact) mass is 679 g/mol. The molecule has 2 atom stereocenters. The molecular weight excluding hydrogens is 641 g/mol. The van der Waals surface area contributed by atoms with Crippen molar-refractivity contribution >= 4 is 17.0 Å². The molecule has 1 aliphatic heterocycles. The molecule has 0 aliphatic carbocycles. The van der Waals surface area contributed by atoms with E-state index in [4.69, 9.17) is 23.9 Å².